The van der Waals surface area contributed by atoms with Crippen LogP contribution in [0.1, 0.15) is 28.8 Å². The number of amides is 2. The Bertz CT molecular complexity index is 869. The number of ether oxygens (including phenoxy) is 2. The molecule has 0 bridgehead atoms. The number of methoxy groups -OCH3 is 1. The van der Waals surface area contributed by atoms with Crippen molar-refractivity contribution in [1.29, 1.82) is 0 Å². The number of pyridine rings is 1. The van der Waals surface area contributed by atoms with Gasteiger partial charge in [-0.3, -0.25) is 9.59 Å². The number of benzene rings is 1. The lowest BCUT2D eigenvalue weighted by Gasteiger charge is -2.19. The average molecular weight is 397 g/mol. The summed E-state index contributed by atoms with van der Waals surface area (Å²) in [6, 6.07) is 11.2. The van der Waals surface area contributed by atoms with Crippen molar-refractivity contribution in [3.63, 3.8) is 0 Å². The topological polar surface area (TPSA) is 72.0 Å². The smallest absolute Gasteiger partial charge is 0.258 e. The first-order chi connectivity index (χ1) is 14.0. The molecule has 0 spiro atoms. The van der Waals surface area contributed by atoms with E-state index in [2.05, 4.69) is 4.98 Å². The van der Waals surface area contributed by atoms with E-state index in [1.165, 1.54) is 4.90 Å². The van der Waals surface area contributed by atoms with Gasteiger partial charge in [-0.1, -0.05) is 18.2 Å². The summed E-state index contributed by atoms with van der Waals surface area (Å²) in [6.07, 6.45) is 3.20. The van der Waals surface area contributed by atoms with Gasteiger partial charge in [-0.25, -0.2) is 4.98 Å². The predicted octanol–water partition coefficient (Wildman–Crippen LogP) is 2.40. The van der Waals surface area contributed by atoms with Crippen molar-refractivity contribution < 1.29 is 19.1 Å². The zero-order valence-corrected chi connectivity index (χ0v) is 17.1. The molecule has 7 nitrogen and oxygen atoms in total. The van der Waals surface area contributed by atoms with Crippen LogP contribution >= 0.6 is 0 Å². The van der Waals surface area contributed by atoms with Crippen LogP contribution < -0.4 is 9.47 Å². The average Bonchev–Trinajstić information content (AvgIpc) is 3.20. The Morgan fingerprint density at radius 2 is 2.00 bits per heavy atom. The van der Waals surface area contributed by atoms with Crippen molar-refractivity contribution in [2.75, 3.05) is 34.3 Å². The number of hydrogen-bond donors (Lipinski definition) is 0. The summed E-state index contributed by atoms with van der Waals surface area (Å²) in [6.45, 7) is 1.14. The molecule has 7 heteroatoms. The van der Waals surface area contributed by atoms with E-state index in [4.69, 9.17) is 9.47 Å². The van der Waals surface area contributed by atoms with Gasteiger partial charge in [-0.05, 0) is 30.2 Å². The number of carbonyl (C=O) groups excluding carboxylic acids is 2. The zero-order valence-electron chi connectivity index (χ0n) is 17.1. The highest BCUT2D eigenvalue weighted by Gasteiger charge is 2.29. The summed E-state index contributed by atoms with van der Waals surface area (Å²) in [5, 5.41) is 0. The summed E-state index contributed by atoms with van der Waals surface area (Å²) in [5.41, 5.74) is 1.45. The van der Waals surface area contributed by atoms with Crippen LogP contribution in [0.3, 0.4) is 0 Å². The molecule has 29 heavy (non-hydrogen) atoms. The van der Waals surface area contributed by atoms with Gasteiger partial charge in [0.25, 0.3) is 5.91 Å². The fourth-order valence-electron chi connectivity index (χ4n) is 3.41. The maximum absolute atomic E-state index is 12.6. The van der Waals surface area contributed by atoms with Crippen molar-refractivity contribution in [3.05, 3.63) is 53.7 Å². The van der Waals surface area contributed by atoms with Crippen molar-refractivity contribution in [2.45, 2.75) is 25.4 Å². The number of likely N-dealkylation sites (tertiary alicyclic amines) is 1. The number of para-hydroxylation sites is 1. The molecule has 1 fully saturated rings. The van der Waals surface area contributed by atoms with Crippen LogP contribution in [-0.2, 0) is 11.2 Å². The van der Waals surface area contributed by atoms with Crippen molar-refractivity contribution in [1.82, 2.24) is 14.8 Å². The lowest BCUT2D eigenvalue weighted by Crippen LogP contribution is -2.31. The number of nitrogens with zero attached hydrogens (tertiary/aromatic N) is 3. The fourth-order valence-corrected chi connectivity index (χ4v) is 3.41. The van der Waals surface area contributed by atoms with Gasteiger partial charge >= 0.3 is 0 Å². The maximum Gasteiger partial charge on any atom is 0.258 e. The third-order valence-corrected chi connectivity index (χ3v) is 4.98. The zero-order chi connectivity index (χ0) is 20.8. The minimum atomic E-state index is -0.172. The van der Waals surface area contributed by atoms with Crippen molar-refractivity contribution in [2.24, 2.45) is 0 Å². The second-order valence-electron chi connectivity index (χ2n) is 7.24. The van der Waals surface area contributed by atoms with E-state index < -0.39 is 0 Å². The molecule has 1 aliphatic rings. The largest absolute Gasteiger partial charge is 0.496 e. The molecule has 1 aromatic carbocycles. The lowest BCUT2D eigenvalue weighted by atomic mass is 10.1. The van der Waals surface area contributed by atoms with E-state index in [1.54, 1.807) is 39.5 Å². The van der Waals surface area contributed by atoms with E-state index in [9.17, 15) is 9.59 Å². The minimum Gasteiger partial charge on any atom is -0.496 e. The Morgan fingerprint density at radius 3 is 2.76 bits per heavy atom. The molecule has 3 rings (SSSR count). The summed E-state index contributed by atoms with van der Waals surface area (Å²) >= 11 is 0. The third-order valence-electron chi connectivity index (χ3n) is 4.98. The molecule has 0 saturated carbocycles. The van der Waals surface area contributed by atoms with Crippen LogP contribution in [0.5, 0.6) is 11.6 Å². The Morgan fingerprint density at radius 1 is 1.21 bits per heavy atom. The first kappa shape index (κ1) is 20.6. The summed E-state index contributed by atoms with van der Waals surface area (Å²) in [4.78, 5) is 32.5. The van der Waals surface area contributed by atoms with Crippen LogP contribution in [0.2, 0.25) is 0 Å². The highest BCUT2D eigenvalue weighted by molar-refractivity contribution is 5.96. The first-order valence-electron chi connectivity index (χ1n) is 9.72. The summed E-state index contributed by atoms with van der Waals surface area (Å²) in [5.74, 6) is 1.05. The van der Waals surface area contributed by atoms with E-state index >= 15 is 0 Å². The lowest BCUT2D eigenvalue weighted by molar-refractivity contribution is -0.130. The molecule has 1 aromatic heterocycles. The molecule has 2 aromatic rings. The predicted molar refractivity (Wildman–Crippen MR) is 109 cm³/mol. The third kappa shape index (κ3) is 5.04. The minimum absolute atomic E-state index is 0.0904. The molecular weight excluding hydrogens is 370 g/mol. The Hall–Kier alpha value is -3.09. The number of aryl methyl sites for hydroxylation is 1. The van der Waals surface area contributed by atoms with Crippen LogP contribution in [0.4, 0.5) is 0 Å². The summed E-state index contributed by atoms with van der Waals surface area (Å²) in [7, 11) is 5.02. The molecule has 0 radical (unpaired) electrons. The standard InChI is InChI=1S/C22H27N3O4/c1-24(2)22(27)18-8-6-13-23-21(18)29-17-12-14-25(15-17)20(26)11-10-16-7-4-5-9-19(16)28-3/h4-9,13,17H,10-12,14-15H2,1-3H3. The normalized spacial score (nSPS) is 15.8. The van der Waals surface area contributed by atoms with E-state index in [0.717, 1.165) is 11.3 Å². The monoisotopic (exact) mass is 397 g/mol. The highest BCUT2D eigenvalue weighted by atomic mass is 16.5. The van der Waals surface area contributed by atoms with Gasteiger partial charge in [-0.2, -0.15) is 0 Å². The molecule has 0 aliphatic carbocycles. The SMILES string of the molecule is COc1ccccc1CCC(=O)N1CCC(Oc2ncccc2C(=O)N(C)C)C1. The molecule has 0 N–H and O–H groups in total. The molecule has 1 saturated heterocycles. The first-order valence-corrected chi connectivity index (χ1v) is 9.72. The molecule has 2 heterocycles. The van der Waals surface area contributed by atoms with Gasteiger partial charge in [-0.15, -0.1) is 0 Å². The molecule has 1 unspecified atom stereocenters. The highest BCUT2D eigenvalue weighted by Crippen LogP contribution is 2.23. The second kappa shape index (κ2) is 9.41. The maximum atomic E-state index is 12.6. The number of hydrogen-bond acceptors (Lipinski definition) is 5. The molecule has 1 aliphatic heterocycles. The van der Waals surface area contributed by atoms with E-state index in [1.807, 2.05) is 29.2 Å². The Balaban J connectivity index is 1.57. The van der Waals surface area contributed by atoms with Crippen molar-refractivity contribution >= 4 is 11.8 Å². The number of carbonyl (C=O) groups is 2. The summed E-state index contributed by atoms with van der Waals surface area (Å²) < 4.78 is 11.3. The van der Waals surface area contributed by atoms with E-state index in [0.29, 0.717) is 43.8 Å². The molecule has 2 amide bonds. The molecular formula is C22H27N3O4. The Kier molecular flexibility index (Phi) is 6.69. The van der Waals surface area contributed by atoms with Gasteiger partial charge in [0.1, 0.15) is 17.4 Å². The molecule has 154 valence electrons. The van der Waals surface area contributed by atoms with Gasteiger partial charge in [0, 0.05) is 39.7 Å². The van der Waals surface area contributed by atoms with Gasteiger partial charge in [0.2, 0.25) is 11.8 Å². The van der Waals surface area contributed by atoms with Crippen LogP contribution in [0.25, 0.3) is 0 Å². The second-order valence-corrected chi connectivity index (χ2v) is 7.24. The number of aromatic nitrogens is 1. The van der Waals surface area contributed by atoms with Crippen LogP contribution in [0, 0.1) is 0 Å². The van der Waals surface area contributed by atoms with Crippen LogP contribution in [-0.4, -0.2) is 67.0 Å². The quantitative estimate of drug-likeness (QED) is 0.717. The van der Waals surface area contributed by atoms with Gasteiger partial charge in [0.15, 0.2) is 0 Å². The van der Waals surface area contributed by atoms with E-state index in [-0.39, 0.29) is 17.9 Å². The van der Waals surface area contributed by atoms with Gasteiger partial charge < -0.3 is 19.3 Å². The number of rotatable bonds is 7. The Labute approximate surface area is 171 Å². The molecule has 1 atom stereocenters. The van der Waals surface area contributed by atoms with Gasteiger partial charge in [0.05, 0.1) is 13.7 Å². The van der Waals surface area contributed by atoms with Crippen molar-refractivity contribution in [3.8, 4) is 11.6 Å². The van der Waals surface area contributed by atoms with Crippen LogP contribution in [0.15, 0.2) is 42.6 Å². The fraction of sp³-hybridized carbons (Fsp3) is 0.409.